The molecule has 3 N–H and O–H groups in total. The number of nitrogens with one attached hydrogen (secondary N) is 2. The van der Waals surface area contributed by atoms with Gasteiger partial charge in [-0.15, -0.1) is 0 Å². The fourth-order valence-electron chi connectivity index (χ4n) is 2.47. The van der Waals surface area contributed by atoms with Gasteiger partial charge in [-0.3, -0.25) is 9.59 Å². The molecule has 0 saturated carbocycles. The van der Waals surface area contributed by atoms with Gasteiger partial charge in [-0.1, -0.05) is 23.7 Å². The molecule has 0 unspecified atom stereocenters. The van der Waals surface area contributed by atoms with Crippen molar-refractivity contribution in [2.24, 2.45) is 0 Å². The number of carbonyl (C=O) groups is 2. The SMILES string of the molecule is CC(=O)Nc1ccc(/C=C(\Cl)c2nc3cc(C(=O)O)ccc3c(=O)[nH]2)cc1. The van der Waals surface area contributed by atoms with Gasteiger partial charge < -0.3 is 15.4 Å². The molecular weight excluding hydrogens is 370 g/mol. The van der Waals surface area contributed by atoms with Crippen molar-refractivity contribution in [2.45, 2.75) is 6.92 Å². The van der Waals surface area contributed by atoms with E-state index in [-0.39, 0.29) is 33.2 Å². The molecule has 136 valence electrons. The molecule has 0 aliphatic rings. The zero-order valence-corrected chi connectivity index (χ0v) is 14.9. The van der Waals surface area contributed by atoms with Gasteiger partial charge in [0.25, 0.3) is 5.56 Å². The first-order valence-corrected chi connectivity index (χ1v) is 8.24. The first kappa shape index (κ1) is 18.3. The summed E-state index contributed by atoms with van der Waals surface area (Å²) in [6.45, 7) is 1.42. The summed E-state index contributed by atoms with van der Waals surface area (Å²) < 4.78 is 0. The molecule has 3 aromatic rings. The zero-order chi connectivity index (χ0) is 19.6. The van der Waals surface area contributed by atoms with Crippen molar-refractivity contribution in [3.63, 3.8) is 0 Å². The van der Waals surface area contributed by atoms with Crippen molar-refractivity contribution in [1.29, 1.82) is 0 Å². The van der Waals surface area contributed by atoms with Gasteiger partial charge in [0.05, 0.1) is 21.5 Å². The highest BCUT2D eigenvalue weighted by Gasteiger charge is 2.10. The molecule has 0 saturated heterocycles. The molecule has 0 atom stereocenters. The van der Waals surface area contributed by atoms with Gasteiger partial charge in [0.1, 0.15) is 0 Å². The summed E-state index contributed by atoms with van der Waals surface area (Å²) in [7, 11) is 0. The first-order valence-electron chi connectivity index (χ1n) is 7.86. The second-order valence-electron chi connectivity index (χ2n) is 5.75. The molecule has 1 heterocycles. The molecule has 1 amide bonds. The number of nitrogens with zero attached hydrogens (tertiary/aromatic N) is 1. The third kappa shape index (κ3) is 4.21. The Balaban J connectivity index is 1.98. The van der Waals surface area contributed by atoms with Crippen molar-refractivity contribution in [3.8, 4) is 0 Å². The Hall–Kier alpha value is -3.45. The summed E-state index contributed by atoms with van der Waals surface area (Å²) in [5, 5.41) is 12.2. The highest BCUT2D eigenvalue weighted by molar-refractivity contribution is 6.50. The van der Waals surface area contributed by atoms with Crippen LogP contribution in [0.5, 0.6) is 0 Å². The Morgan fingerprint density at radius 3 is 2.52 bits per heavy atom. The molecule has 3 rings (SSSR count). The third-order valence-electron chi connectivity index (χ3n) is 3.70. The van der Waals surface area contributed by atoms with E-state index >= 15 is 0 Å². The lowest BCUT2D eigenvalue weighted by Gasteiger charge is -2.04. The highest BCUT2D eigenvalue weighted by atomic mass is 35.5. The van der Waals surface area contributed by atoms with Crippen LogP contribution >= 0.6 is 11.6 Å². The number of carbonyl (C=O) groups excluding carboxylic acids is 1. The number of fused-ring (bicyclic) bond motifs is 1. The van der Waals surface area contributed by atoms with E-state index in [9.17, 15) is 14.4 Å². The minimum Gasteiger partial charge on any atom is -0.478 e. The minimum absolute atomic E-state index is 0.0280. The third-order valence-corrected chi connectivity index (χ3v) is 3.99. The summed E-state index contributed by atoms with van der Waals surface area (Å²) in [6, 6.07) is 11.0. The maximum atomic E-state index is 12.2. The summed E-state index contributed by atoms with van der Waals surface area (Å²) in [4.78, 5) is 41.2. The van der Waals surface area contributed by atoms with E-state index in [1.165, 1.54) is 25.1 Å². The molecule has 7 nitrogen and oxygen atoms in total. The van der Waals surface area contributed by atoms with Gasteiger partial charge in [-0.2, -0.15) is 0 Å². The lowest BCUT2D eigenvalue weighted by atomic mass is 10.1. The van der Waals surface area contributed by atoms with Gasteiger partial charge >= 0.3 is 5.97 Å². The van der Waals surface area contributed by atoms with Crippen LogP contribution in [0.3, 0.4) is 0 Å². The maximum absolute atomic E-state index is 12.2. The Bertz CT molecular complexity index is 1130. The number of amides is 1. The second kappa shape index (κ2) is 7.43. The standard InChI is InChI=1S/C19H14ClN3O4/c1-10(24)21-13-5-2-11(3-6-13)8-15(20)17-22-16-9-12(19(26)27)4-7-14(16)18(25)23-17/h2-9H,1H3,(H,21,24)(H,26,27)(H,22,23,25)/b15-8-. The number of halogens is 1. The number of aromatic amines is 1. The maximum Gasteiger partial charge on any atom is 0.335 e. The van der Waals surface area contributed by atoms with Crippen molar-refractivity contribution < 1.29 is 14.7 Å². The first-order chi connectivity index (χ1) is 12.8. The van der Waals surface area contributed by atoms with Gasteiger partial charge in [-0.25, -0.2) is 9.78 Å². The van der Waals surface area contributed by atoms with E-state index in [1.54, 1.807) is 30.3 Å². The molecule has 8 heteroatoms. The average Bonchev–Trinajstić information content (AvgIpc) is 2.62. The molecule has 0 bridgehead atoms. The molecule has 0 aliphatic heterocycles. The summed E-state index contributed by atoms with van der Waals surface area (Å²) in [6.07, 6.45) is 1.60. The topological polar surface area (TPSA) is 112 Å². The van der Waals surface area contributed by atoms with E-state index in [4.69, 9.17) is 16.7 Å². The van der Waals surface area contributed by atoms with Gasteiger partial charge in [0, 0.05) is 12.6 Å². The van der Waals surface area contributed by atoms with Crippen LogP contribution in [0.25, 0.3) is 22.0 Å². The van der Waals surface area contributed by atoms with Crippen LogP contribution in [0.4, 0.5) is 5.69 Å². The fraction of sp³-hybridized carbons (Fsp3) is 0.0526. The van der Waals surface area contributed by atoms with Gasteiger partial charge in [-0.05, 0) is 42.0 Å². The molecule has 1 aromatic heterocycles. The monoisotopic (exact) mass is 383 g/mol. The minimum atomic E-state index is -1.11. The molecule has 0 radical (unpaired) electrons. The van der Waals surface area contributed by atoms with Crippen molar-refractivity contribution in [3.05, 3.63) is 69.8 Å². The number of aromatic nitrogens is 2. The second-order valence-corrected chi connectivity index (χ2v) is 6.15. The van der Waals surface area contributed by atoms with E-state index in [1.807, 2.05) is 0 Å². The predicted octanol–water partition coefficient (Wildman–Crippen LogP) is 3.32. The average molecular weight is 384 g/mol. The Morgan fingerprint density at radius 1 is 1.19 bits per heavy atom. The molecular formula is C19H14ClN3O4. The molecule has 0 aliphatic carbocycles. The molecule has 0 fully saturated rings. The van der Waals surface area contributed by atoms with Crippen LogP contribution in [-0.2, 0) is 4.79 Å². The van der Waals surface area contributed by atoms with E-state index in [2.05, 4.69) is 15.3 Å². The number of hydrogen-bond acceptors (Lipinski definition) is 4. The number of aromatic carboxylic acids is 1. The molecule has 0 spiro atoms. The number of benzene rings is 2. The van der Waals surface area contributed by atoms with Crippen LogP contribution in [0.1, 0.15) is 28.7 Å². The van der Waals surface area contributed by atoms with Crippen LogP contribution in [0.2, 0.25) is 0 Å². The predicted molar refractivity (Wildman–Crippen MR) is 104 cm³/mol. The number of anilines is 1. The lowest BCUT2D eigenvalue weighted by molar-refractivity contribution is -0.114. The number of rotatable bonds is 4. The van der Waals surface area contributed by atoms with E-state index in [0.717, 1.165) is 5.56 Å². The smallest absolute Gasteiger partial charge is 0.335 e. The normalized spacial score (nSPS) is 11.4. The van der Waals surface area contributed by atoms with Gasteiger partial charge in [0.2, 0.25) is 5.91 Å². The fourth-order valence-corrected chi connectivity index (χ4v) is 2.68. The Kier molecular flexibility index (Phi) is 5.05. The molecule has 27 heavy (non-hydrogen) atoms. The Morgan fingerprint density at radius 2 is 1.89 bits per heavy atom. The number of carboxylic acid groups (broad SMARTS) is 1. The van der Waals surface area contributed by atoms with E-state index < -0.39 is 11.5 Å². The zero-order valence-electron chi connectivity index (χ0n) is 14.1. The van der Waals surface area contributed by atoms with Crippen molar-refractivity contribution in [1.82, 2.24) is 9.97 Å². The van der Waals surface area contributed by atoms with Gasteiger partial charge in [0.15, 0.2) is 5.82 Å². The summed E-state index contributed by atoms with van der Waals surface area (Å²) in [5.41, 5.74) is 1.23. The number of carboxylic acids is 1. The number of H-pyrrole nitrogens is 1. The quantitative estimate of drug-likeness (QED) is 0.639. The van der Waals surface area contributed by atoms with Crippen molar-refractivity contribution in [2.75, 3.05) is 5.32 Å². The van der Waals surface area contributed by atoms with Crippen LogP contribution in [0, 0.1) is 0 Å². The lowest BCUT2D eigenvalue weighted by Crippen LogP contribution is -2.11. The summed E-state index contributed by atoms with van der Waals surface area (Å²) >= 11 is 6.28. The molecule has 2 aromatic carbocycles. The van der Waals surface area contributed by atoms with Crippen LogP contribution < -0.4 is 10.9 Å². The highest BCUT2D eigenvalue weighted by Crippen LogP contribution is 2.21. The number of hydrogen-bond donors (Lipinski definition) is 3. The van der Waals surface area contributed by atoms with Crippen LogP contribution in [0.15, 0.2) is 47.3 Å². The van der Waals surface area contributed by atoms with Crippen molar-refractivity contribution >= 4 is 51.2 Å². The largest absolute Gasteiger partial charge is 0.478 e. The van der Waals surface area contributed by atoms with E-state index in [0.29, 0.717) is 5.69 Å². The Labute approximate surface area is 158 Å². The summed E-state index contributed by atoms with van der Waals surface area (Å²) in [5.74, 6) is -1.15. The van der Waals surface area contributed by atoms with Crippen LogP contribution in [-0.4, -0.2) is 27.0 Å².